The molecule has 2 aliphatic rings. The van der Waals surface area contributed by atoms with Crippen LogP contribution >= 0.6 is 0 Å². The van der Waals surface area contributed by atoms with Crippen LogP contribution in [0.4, 0.5) is 0 Å². The van der Waals surface area contributed by atoms with E-state index in [0.29, 0.717) is 0 Å². The fourth-order valence-corrected chi connectivity index (χ4v) is 2.81. The second-order valence-electron chi connectivity index (χ2n) is 6.25. The molecule has 0 bridgehead atoms. The molecule has 0 aromatic heterocycles. The normalized spacial score (nSPS) is 25.9. The van der Waals surface area contributed by atoms with Crippen LogP contribution in [0, 0.1) is 59.2 Å². The van der Waals surface area contributed by atoms with Gasteiger partial charge in [-0.05, 0) is 59.2 Å². The summed E-state index contributed by atoms with van der Waals surface area (Å²) in [5, 5.41) is 0. The van der Waals surface area contributed by atoms with Gasteiger partial charge in [0, 0.05) is 0 Å². The fraction of sp³-hybridized carbons (Fsp3) is 0.500. The van der Waals surface area contributed by atoms with Crippen molar-refractivity contribution in [1.82, 2.24) is 0 Å². The minimum Gasteiger partial charge on any atom is -0.0579 e. The predicted octanol–water partition coefficient (Wildman–Crippen LogP) is 5.94. The molecular weight excluding hydrogens is 442 g/mol. The molecule has 12 radical (unpaired) electrons. The van der Waals surface area contributed by atoms with Crippen LogP contribution in [0.15, 0.2) is 0 Å². The van der Waals surface area contributed by atoms with Crippen molar-refractivity contribution in [1.29, 1.82) is 0 Å². The van der Waals surface area contributed by atoms with Gasteiger partial charge in [-0.25, -0.2) is 0 Å². The molecule has 2 heteroatoms. The second-order valence-corrected chi connectivity index (χ2v) is 6.25. The summed E-state index contributed by atoms with van der Waals surface area (Å²) in [6.45, 7) is 22.0. The van der Waals surface area contributed by atoms with Gasteiger partial charge in [-0.1, -0.05) is 69.2 Å². The number of rotatable bonds is 0. The minimum atomic E-state index is 0. The summed E-state index contributed by atoms with van der Waals surface area (Å²) in [6, 6.07) is 0. The van der Waals surface area contributed by atoms with Crippen molar-refractivity contribution in [3.05, 3.63) is 59.2 Å². The quantitative estimate of drug-likeness (QED) is 0.383. The molecule has 0 unspecified atom stereocenters. The first-order valence-electron chi connectivity index (χ1n) is 7.50. The van der Waals surface area contributed by atoms with Crippen molar-refractivity contribution in [2.45, 2.75) is 69.2 Å². The molecule has 2 aliphatic carbocycles. The smallest absolute Gasteiger partial charge is 0.0579 e. The zero-order valence-electron chi connectivity index (χ0n) is 15.7. The molecule has 0 atom stereocenters. The zero-order chi connectivity index (χ0) is 15.8. The Balaban J connectivity index is 0. The number of hydrogen-bond donors (Lipinski definition) is 0. The van der Waals surface area contributed by atoms with Crippen LogP contribution in [0.2, 0.25) is 0 Å². The Morgan fingerprint density at radius 2 is 0.273 bits per heavy atom. The van der Waals surface area contributed by atoms with Gasteiger partial charge in [0.15, 0.2) is 0 Å². The maximum Gasteiger partial charge on any atom is 1.00 e. The van der Waals surface area contributed by atoms with Crippen molar-refractivity contribution < 1.29 is 39.0 Å². The topological polar surface area (TPSA) is 0 Å². The molecular formula is C20H30Ru2+2. The molecule has 0 N–H and O–H groups in total. The molecule has 22 heavy (non-hydrogen) atoms. The Morgan fingerprint density at radius 3 is 0.318 bits per heavy atom. The summed E-state index contributed by atoms with van der Waals surface area (Å²) in [7, 11) is 0. The zero-order valence-corrected chi connectivity index (χ0v) is 19.2. The van der Waals surface area contributed by atoms with Crippen LogP contribution in [0.3, 0.4) is 0 Å². The first-order chi connectivity index (χ1) is 9.11. The van der Waals surface area contributed by atoms with Crippen LogP contribution in [-0.4, -0.2) is 0 Å². The predicted molar refractivity (Wildman–Crippen MR) is 89.2 cm³/mol. The van der Waals surface area contributed by atoms with Crippen molar-refractivity contribution in [3.63, 3.8) is 0 Å². The van der Waals surface area contributed by atoms with Gasteiger partial charge in [-0.2, -0.15) is 0 Å². The molecule has 0 heterocycles. The molecule has 0 saturated heterocycles. The molecule has 0 spiro atoms. The number of hydrogen-bond acceptors (Lipinski definition) is 0. The van der Waals surface area contributed by atoms with Gasteiger partial charge in [-0.3, -0.25) is 0 Å². The van der Waals surface area contributed by atoms with Crippen LogP contribution in [0.1, 0.15) is 69.2 Å². The van der Waals surface area contributed by atoms with E-state index in [1.807, 2.05) is 0 Å². The maximum atomic E-state index is 2.20. The summed E-state index contributed by atoms with van der Waals surface area (Å²) in [5.74, 6) is 14.7. The standard InChI is InChI=1S/2C10H15.2Ru/c2*1-6-7(2)9(4)10(5)8(6)3;;/h2*1-5H3;;/q;;2*+1. The third-order valence-corrected chi connectivity index (χ3v) is 5.62. The molecule has 124 valence electrons. The Labute approximate surface area is 166 Å². The van der Waals surface area contributed by atoms with Crippen LogP contribution in [-0.2, 0) is 39.0 Å². The van der Waals surface area contributed by atoms with Gasteiger partial charge in [0.1, 0.15) is 0 Å². The molecule has 0 nitrogen and oxygen atoms in total. The summed E-state index contributed by atoms with van der Waals surface area (Å²) < 4.78 is 0. The van der Waals surface area contributed by atoms with E-state index in [4.69, 9.17) is 0 Å². The van der Waals surface area contributed by atoms with Gasteiger partial charge >= 0.3 is 39.0 Å². The molecule has 0 aromatic rings. The van der Waals surface area contributed by atoms with E-state index in [2.05, 4.69) is 69.2 Å². The van der Waals surface area contributed by atoms with Gasteiger partial charge in [0.2, 0.25) is 0 Å². The molecule has 2 saturated carbocycles. The van der Waals surface area contributed by atoms with E-state index in [-0.39, 0.29) is 39.0 Å². The Bertz CT molecular complexity index is 184. The summed E-state index contributed by atoms with van der Waals surface area (Å²) >= 11 is 0. The van der Waals surface area contributed by atoms with E-state index in [1.165, 1.54) is 59.2 Å². The van der Waals surface area contributed by atoms with Crippen molar-refractivity contribution in [2.24, 2.45) is 0 Å². The van der Waals surface area contributed by atoms with E-state index < -0.39 is 0 Å². The second kappa shape index (κ2) is 10.3. The van der Waals surface area contributed by atoms with Gasteiger partial charge < -0.3 is 0 Å². The first-order valence-corrected chi connectivity index (χ1v) is 7.50. The SMILES string of the molecule is C[C]1[C](C)[C](C)[C](C)[C]1C.C[C]1[C](C)[C](C)[C](C)[C]1C.[Ru+].[Ru+]. The molecule has 2 fully saturated rings. The van der Waals surface area contributed by atoms with Gasteiger partial charge in [0.25, 0.3) is 0 Å². The third-order valence-electron chi connectivity index (χ3n) is 5.62. The summed E-state index contributed by atoms with van der Waals surface area (Å²) in [5.41, 5.74) is 0. The van der Waals surface area contributed by atoms with Crippen LogP contribution in [0.5, 0.6) is 0 Å². The minimum absolute atomic E-state index is 0. The molecule has 0 aliphatic heterocycles. The van der Waals surface area contributed by atoms with E-state index in [1.54, 1.807) is 0 Å². The maximum absolute atomic E-state index is 2.20. The van der Waals surface area contributed by atoms with Crippen LogP contribution < -0.4 is 0 Å². The Kier molecular flexibility index (Phi) is 11.9. The monoisotopic (exact) mass is 474 g/mol. The summed E-state index contributed by atoms with van der Waals surface area (Å²) in [4.78, 5) is 0. The molecule has 0 aromatic carbocycles. The van der Waals surface area contributed by atoms with Gasteiger partial charge in [-0.15, -0.1) is 0 Å². The van der Waals surface area contributed by atoms with Crippen LogP contribution in [0.25, 0.3) is 0 Å². The molecule has 2 rings (SSSR count). The Hall–Kier alpha value is 1.25. The fourth-order valence-electron chi connectivity index (χ4n) is 2.81. The van der Waals surface area contributed by atoms with E-state index >= 15 is 0 Å². The Morgan fingerprint density at radius 1 is 0.227 bits per heavy atom. The van der Waals surface area contributed by atoms with Gasteiger partial charge in [0.05, 0.1) is 0 Å². The average molecular weight is 473 g/mol. The third kappa shape index (κ3) is 5.12. The summed E-state index contributed by atoms with van der Waals surface area (Å²) in [6.07, 6.45) is 0. The molecule has 0 amide bonds. The van der Waals surface area contributed by atoms with Crippen molar-refractivity contribution in [2.75, 3.05) is 0 Å². The van der Waals surface area contributed by atoms with E-state index in [0.717, 1.165) is 0 Å². The first kappa shape index (κ1) is 25.5. The average Bonchev–Trinajstić information content (AvgIpc) is 2.71. The largest absolute Gasteiger partial charge is 1.00 e. The van der Waals surface area contributed by atoms with Crippen molar-refractivity contribution >= 4 is 0 Å². The van der Waals surface area contributed by atoms with Crippen molar-refractivity contribution in [3.8, 4) is 0 Å². The van der Waals surface area contributed by atoms with E-state index in [9.17, 15) is 0 Å².